The van der Waals surface area contributed by atoms with E-state index in [0.717, 1.165) is 0 Å². The van der Waals surface area contributed by atoms with E-state index in [1.807, 2.05) is 27.7 Å². The average molecular weight is 281 g/mol. The Morgan fingerprint density at radius 3 is 2.70 bits per heavy atom. The zero-order chi connectivity index (χ0) is 14.9. The molecule has 0 amide bonds. The second kappa shape index (κ2) is 5.20. The van der Waals surface area contributed by atoms with E-state index in [1.54, 1.807) is 7.11 Å². The van der Waals surface area contributed by atoms with E-state index in [-0.39, 0.29) is 23.9 Å². The largest absolute Gasteiger partial charge is 0.374 e. The number of rotatable bonds is 4. The summed E-state index contributed by atoms with van der Waals surface area (Å²) in [5.41, 5.74) is -0.579. The van der Waals surface area contributed by atoms with Crippen LogP contribution in [-0.2, 0) is 16.8 Å². The van der Waals surface area contributed by atoms with Crippen molar-refractivity contribution in [3.8, 4) is 0 Å². The number of aromatic nitrogens is 5. The lowest BCUT2D eigenvalue weighted by Crippen LogP contribution is -2.35. The maximum atomic E-state index is 12.2. The monoisotopic (exact) mass is 281 g/mol. The van der Waals surface area contributed by atoms with Gasteiger partial charge in [-0.15, -0.1) is 0 Å². The van der Waals surface area contributed by atoms with Crippen molar-refractivity contribution in [2.24, 2.45) is 0 Å². The van der Waals surface area contributed by atoms with Crippen LogP contribution in [0.25, 0.3) is 0 Å². The summed E-state index contributed by atoms with van der Waals surface area (Å²) in [5, 5.41) is 7.91. The molecule has 0 bridgehead atoms. The molecule has 2 aromatic rings. The van der Waals surface area contributed by atoms with E-state index < -0.39 is 0 Å². The minimum absolute atomic E-state index is 0.193. The molecule has 0 aliphatic rings. The summed E-state index contributed by atoms with van der Waals surface area (Å²) in [4.78, 5) is 16.4. The minimum Gasteiger partial charge on any atom is -0.374 e. The molecule has 0 radical (unpaired) electrons. The van der Waals surface area contributed by atoms with Crippen molar-refractivity contribution in [1.82, 2.24) is 24.5 Å². The predicted octanol–water partition coefficient (Wildman–Crippen LogP) is 0.938. The summed E-state index contributed by atoms with van der Waals surface area (Å²) in [6, 6.07) is 0. The van der Waals surface area contributed by atoms with Crippen LogP contribution in [0.4, 0.5) is 0 Å². The molecule has 0 unspecified atom stereocenters. The summed E-state index contributed by atoms with van der Waals surface area (Å²) >= 11 is 0. The van der Waals surface area contributed by atoms with Crippen molar-refractivity contribution in [2.75, 3.05) is 7.11 Å². The molecule has 2 heterocycles. The molecule has 1 atom stereocenters. The standard InChI is InChI=1S/C12H19N5O3/c1-8(19-5)10-14-9(20-15-10)6-16-7-13-17(11(16)18)12(2,3)4/h7-8H,6H2,1-5H3/t8-/m1/s1. The van der Waals surface area contributed by atoms with Gasteiger partial charge in [-0.25, -0.2) is 9.48 Å². The SMILES string of the molecule is CO[C@H](C)c1noc(Cn2cnn(C(C)(C)C)c2=O)n1. The van der Waals surface area contributed by atoms with Gasteiger partial charge >= 0.3 is 5.69 Å². The third-order valence-corrected chi connectivity index (χ3v) is 2.88. The zero-order valence-electron chi connectivity index (χ0n) is 12.3. The third kappa shape index (κ3) is 2.79. The molecular formula is C12H19N5O3. The maximum absolute atomic E-state index is 12.2. The van der Waals surface area contributed by atoms with Crippen molar-refractivity contribution in [2.45, 2.75) is 45.9 Å². The highest BCUT2D eigenvalue weighted by Crippen LogP contribution is 2.12. The summed E-state index contributed by atoms with van der Waals surface area (Å²) in [7, 11) is 1.57. The van der Waals surface area contributed by atoms with Crippen LogP contribution in [0.2, 0.25) is 0 Å². The minimum atomic E-state index is -0.368. The first kappa shape index (κ1) is 14.4. The van der Waals surface area contributed by atoms with Gasteiger partial charge in [0, 0.05) is 7.11 Å². The lowest BCUT2D eigenvalue weighted by Gasteiger charge is -2.16. The predicted molar refractivity (Wildman–Crippen MR) is 70.3 cm³/mol. The molecule has 20 heavy (non-hydrogen) atoms. The van der Waals surface area contributed by atoms with Crippen LogP contribution in [0.3, 0.4) is 0 Å². The molecule has 8 heteroatoms. The number of ether oxygens (including phenoxy) is 1. The fraction of sp³-hybridized carbons (Fsp3) is 0.667. The molecule has 0 saturated carbocycles. The van der Waals surface area contributed by atoms with Gasteiger partial charge in [-0.1, -0.05) is 5.16 Å². The molecule has 0 spiro atoms. The Labute approximate surface area is 116 Å². The number of methoxy groups -OCH3 is 1. The molecular weight excluding hydrogens is 262 g/mol. The molecule has 0 aliphatic heterocycles. The van der Waals surface area contributed by atoms with Gasteiger partial charge in [0.2, 0.25) is 5.89 Å². The average Bonchev–Trinajstić information content (AvgIpc) is 2.96. The van der Waals surface area contributed by atoms with Crippen LogP contribution in [0, 0.1) is 0 Å². The summed E-state index contributed by atoms with van der Waals surface area (Å²) in [6.45, 7) is 7.75. The van der Waals surface area contributed by atoms with E-state index in [0.29, 0.717) is 11.7 Å². The van der Waals surface area contributed by atoms with Crippen molar-refractivity contribution >= 4 is 0 Å². The van der Waals surface area contributed by atoms with E-state index in [4.69, 9.17) is 9.26 Å². The fourth-order valence-electron chi connectivity index (χ4n) is 1.65. The van der Waals surface area contributed by atoms with Gasteiger partial charge in [0.1, 0.15) is 19.0 Å². The topological polar surface area (TPSA) is 88.0 Å². The van der Waals surface area contributed by atoms with Crippen molar-refractivity contribution in [1.29, 1.82) is 0 Å². The van der Waals surface area contributed by atoms with Gasteiger partial charge in [-0.05, 0) is 27.7 Å². The van der Waals surface area contributed by atoms with Crippen LogP contribution in [0.1, 0.15) is 45.5 Å². The molecule has 0 fully saturated rings. The normalized spacial score (nSPS) is 13.7. The lowest BCUT2D eigenvalue weighted by molar-refractivity contribution is 0.109. The first-order chi connectivity index (χ1) is 9.32. The number of hydrogen-bond acceptors (Lipinski definition) is 6. The highest BCUT2D eigenvalue weighted by Gasteiger charge is 2.20. The highest BCUT2D eigenvalue weighted by molar-refractivity contribution is 4.91. The summed E-state index contributed by atoms with van der Waals surface area (Å²) in [5.74, 6) is 0.804. The van der Waals surface area contributed by atoms with Crippen LogP contribution in [0.15, 0.2) is 15.6 Å². The molecule has 0 saturated heterocycles. The Balaban J connectivity index is 2.21. The molecule has 110 valence electrons. The smallest absolute Gasteiger partial charge is 0.346 e. The molecule has 0 N–H and O–H groups in total. The van der Waals surface area contributed by atoms with Crippen molar-refractivity contribution in [3.63, 3.8) is 0 Å². The summed E-state index contributed by atoms with van der Waals surface area (Å²) in [6.07, 6.45) is 1.22. The van der Waals surface area contributed by atoms with Gasteiger partial charge in [-0.3, -0.25) is 4.57 Å². The fourth-order valence-corrected chi connectivity index (χ4v) is 1.65. The quantitative estimate of drug-likeness (QED) is 0.828. The van der Waals surface area contributed by atoms with Gasteiger partial charge in [0.25, 0.3) is 0 Å². The maximum Gasteiger partial charge on any atom is 0.346 e. The van der Waals surface area contributed by atoms with Gasteiger partial charge in [0.15, 0.2) is 5.82 Å². The molecule has 2 rings (SSSR count). The molecule has 0 aromatic carbocycles. The summed E-state index contributed by atoms with van der Waals surface area (Å²) < 4.78 is 13.1. The Kier molecular flexibility index (Phi) is 3.76. The van der Waals surface area contributed by atoms with Crippen LogP contribution >= 0.6 is 0 Å². The van der Waals surface area contributed by atoms with E-state index in [9.17, 15) is 4.79 Å². The number of nitrogens with zero attached hydrogens (tertiary/aromatic N) is 5. The molecule has 0 aliphatic carbocycles. The van der Waals surface area contributed by atoms with Gasteiger partial charge in [0.05, 0.1) is 5.54 Å². The van der Waals surface area contributed by atoms with Crippen LogP contribution in [0.5, 0.6) is 0 Å². The first-order valence-electron chi connectivity index (χ1n) is 6.33. The zero-order valence-corrected chi connectivity index (χ0v) is 12.3. The van der Waals surface area contributed by atoms with Gasteiger partial charge in [-0.2, -0.15) is 10.1 Å². The first-order valence-corrected chi connectivity index (χ1v) is 6.33. The third-order valence-electron chi connectivity index (χ3n) is 2.88. The van der Waals surface area contributed by atoms with Crippen LogP contribution in [-0.4, -0.2) is 31.6 Å². The second-order valence-electron chi connectivity index (χ2n) is 5.55. The van der Waals surface area contributed by atoms with E-state index in [1.165, 1.54) is 15.6 Å². The number of hydrogen-bond donors (Lipinski definition) is 0. The van der Waals surface area contributed by atoms with Crippen molar-refractivity contribution in [3.05, 3.63) is 28.5 Å². The highest BCUT2D eigenvalue weighted by atomic mass is 16.5. The molecule has 8 nitrogen and oxygen atoms in total. The Hall–Kier alpha value is -1.96. The Morgan fingerprint density at radius 1 is 1.45 bits per heavy atom. The lowest BCUT2D eigenvalue weighted by atomic mass is 10.1. The van der Waals surface area contributed by atoms with Crippen molar-refractivity contribution < 1.29 is 9.26 Å². The second-order valence-corrected chi connectivity index (χ2v) is 5.55. The van der Waals surface area contributed by atoms with Crippen LogP contribution < -0.4 is 5.69 Å². The van der Waals surface area contributed by atoms with Gasteiger partial charge < -0.3 is 9.26 Å². The van der Waals surface area contributed by atoms with E-state index in [2.05, 4.69) is 15.2 Å². The molecule has 2 aromatic heterocycles. The van der Waals surface area contributed by atoms with E-state index >= 15 is 0 Å². The Morgan fingerprint density at radius 2 is 2.15 bits per heavy atom. The Bertz CT molecular complexity index is 634.